The topological polar surface area (TPSA) is 71.5 Å². The number of fused-ring (bicyclic) bond motifs is 1. The molecule has 146 valence electrons. The molecule has 2 aliphatic rings. The molecule has 0 atom stereocenters. The normalized spacial score (nSPS) is 16.0. The van der Waals surface area contributed by atoms with Gasteiger partial charge in [0.05, 0.1) is 30.8 Å². The summed E-state index contributed by atoms with van der Waals surface area (Å²) in [6.07, 6.45) is 5.35. The fourth-order valence-corrected chi connectivity index (χ4v) is 3.91. The second kappa shape index (κ2) is 7.60. The van der Waals surface area contributed by atoms with Crippen LogP contribution in [0.4, 0.5) is 17.5 Å². The molecule has 2 aromatic heterocycles. The minimum atomic E-state index is 0.643. The van der Waals surface area contributed by atoms with Gasteiger partial charge in [0.2, 0.25) is 5.95 Å². The van der Waals surface area contributed by atoms with Gasteiger partial charge in [-0.25, -0.2) is 4.98 Å². The minimum Gasteiger partial charge on any atom is -0.378 e. The molecule has 1 aromatic carbocycles. The van der Waals surface area contributed by atoms with Gasteiger partial charge in [-0.3, -0.25) is 9.78 Å². The van der Waals surface area contributed by atoms with E-state index >= 15 is 0 Å². The third kappa shape index (κ3) is 3.34. The third-order valence-electron chi connectivity index (χ3n) is 5.36. The van der Waals surface area contributed by atoms with Gasteiger partial charge in [0.1, 0.15) is 12.1 Å². The first kappa shape index (κ1) is 17.8. The first-order valence-corrected chi connectivity index (χ1v) is 9.80. The molecule has 7 heteroatoms. The number of ether oxygens (including phenoxy) is 1. The average molecular weight is 387 g/mol. The zero-order valence-electron chi connectivity index (χ0n) is 16.0. The summed E-state index contributed by atoms with van der Waals surface area (Å²) in [6.45, 7) is 3.69. The number of aldehydes is 1. The molecule has 1 saturated heterocycles. The highest BCUT2D eigenvalue weighted by Gasteiger charge is 2.29. The van der Waals surface area contributed by atoms with Crippen molar-refractivity contribution in [3.05, 3.63) is 59.9 Å². The van der Waals surface area contributed by atoms with Crippen molar-refractivity contribution >= 4 is 23.7 Å². The van der Waals surface area contributed by atoms with Crippen LogP contribution in [-0.4, -0.2) is 54.1 Å². The van der Waals surface area contributed by atoms with E-state index in [0.717, 1.165) is 60.7 Å². The van der Waals surface area contributed by atoms with Crippen LogP contribution < -0.4 is 9.80 Å². The molecule has 4 heterocycles. The van der Waals surface area contributed by atoms with E-state index in [0.29, 0.717) is 24.7 Å². The van der Waals surface area contributed by atoms with Crippen LogP contribution in [0.5, 0.6) is 0 Å². The van der Waals surface area contributed by atoms with Crippen molar-refractivity contribution in [3.63, 3.8) is 0 Å². The maximum Gasteiger partial charge on any atom is 0.228 e. The minimum absolute atomic E-state index is 0.643. The zero-order chi connectivity index (χ0) is 19.6. The van der Waals surface area contributed by atoms with Crippen molar-refractivity contribution in [1.29, 1.82) is 0 Å². The van der Waals surface area contributed by atoms with Crippen LogP contribution in [0.25, 0.3) is 11.3 Å². The van der Waals surface area contributed by atoms with Crippen molar-refractivity contribution in [2.75, 3.05) is 42.6 Å². The fraction of sp³-hybridized carbons (Fsp3) is 0.273. The first-order chi connectivity index (χ1) is 14.3. The molecule has 0 unspecified atom stereocenters. The monoisotopic (exact) mass is 387 g/mol. The Balaban J connectivity index is 1.66. The van der Waals surface area contributed by atoms with E-state index in [4.69, 9.17) is 14.7 Å². The highest BCUT2D eigenvalue weighted by Crippen LogP contribution is 2.39. The van der Waals surface area contributed by atoms with Gasteiger partial charge < -0.3 is 14.5 Å². The van der Waals surface area contributed by atoms with Gasteiger partial charge in [-0.15, -0.1) is 0 Å². The predicted octanol–water partition coefficient (Wildman–Crippen LogP) is 2.88. The SMILES string of the molecule is O=Cc1cccc(-c2nc(N3CCOCC3)nc3c2CCN3c2cccnc2)c1. The Hall–Kier alpha value is -3.32. The van der Waals surface area contributed by atoms with Crippen molar-refractivity contribution in [2.24, 2.45) is 0 Å². The van der Waals surface area contributed by atoms with Gasteiger partial charge in [-0.2, -0.15) is 4.98 Å². The molecule has 0 aliphatic carbocycles. The lowest BCUT2D eigenvalue weighted by Gasteiger charge is -2.28. The maximum atomic E-state index is 11.3. The Morgan fingerprint density at radius 3 is 2.72 bits per heavy atom. The molecule has 7 nitrogen and oxygen atoms in total. The van der Waals surface area contributed by atoms with Crippen molar-refractivity contribution in [2.45, 2.75) is 6.42 Å². The molecule has 0 amide bonds. The smallest absolute Gasteiger partial charge is 0.228 e. The number of carbonyl (C=O) groups is 1. The second-order valence-electron chi connectivity index (χ2n) is 7.13. The molecule has 0 radical (unpaired) electrons. The van der Waals surface area contributed by atoms with Crippen LogP contribution in [0.3, 0.4) is 0 Å². The van der Waals surface area contributed by atoms with Crippen LogP contribution in [0.15, 0.2) is 48.8 Å². The summed E-state index contributed by atoms with van der Waals surface area (Å²) < 4.78 is 5.49. The molecule has 0 spiro atoms. The number of benzene rings is 1. The van der Waals surface area contributed by atoms with Crippen LogP contribution in [0.1, 0.15) is 15.9 Å². The Morgan fingerprint density at radius 1 is 1.03 bits per heavy atom. The Morgan fingerprint density at radius 2 is 1.93 bits per heavy atom. The molecule has 5 rings (SSSR count). The number of pyridine rings is 1. The summed E-state index contributed by atoms with van der Waals surface area (Å²) in [7, 11) is 0. The van der Waals surface area contributed by atoms with Gasteiger partial charge in [0.25, 0.3) is 0 Å². The van der Waals surface area contributed by atoms with Crippen molar-refractivity contribution in [1.82, 2.24) is 15.0 Å². The van der Waals surface area contributed by atoms with E-state index in [-0.39, 0.29) is 0 Å². The van der Waals surface area contributed by atoms with Crippen molar-refractivity contribution in [3.8, 4) is 11.3 Å². The summed E-state index contributed by atoms with van der Waals surface area (Å²) in [4.78, 5) is 29.8. The number of hydrogen-bond donors (Lipinski definition) is 0. The van der Waals surface area contributed by atoms with E-state index < -0.39 is 0 Å². The summed E-state index contributed by atoms with van der Waals surface area (Å²) >= 11 is 0. The molecular weight excluding hydrogens is 366 g/mol. The highest BCUT2D eigenvalue weighted by molar-refractivity contribution is 5.81. The number of carbonyl (C=O) groups excluding carboxylic acids is 1. The lowest BCUT2D eigenvalue weighted by Crippen LogP contribution is -2.37. The molecule has 29 heavy (non-hydrogen) atoms. The highest BCUT2D eigenvalue weighted by atomic mass is 16.5. The number of anilines is 3. The Bertz CT molecular complexity index is 1030. The number of nitrogens with zero attached hydrogens (tertiary/aromatic N) is 5. The summed E-state index contributed by atoms with van der Waals surface area (Å²) in [5.74, 6) is 1.62. The third-order valence-corrected chi connectivity index (χ3v) is 5.36. The summed E-state index contributed by atoms with van der Waals surface area (Å²) in [5, 5.41) is 0. The van der Waals surface area contributed by atoms with Gasteiger partial charge in [0, 0.05) is 42.5 Å². The molecular formula is C22H21N5O2. The molecule has 0 bridgehead atoms. The number of hydrogen-bond acceptors (Lipinski definition) is 7. The Labute approximate surface area is 169 Å². The zero-order valence-corrected chi connectivity index (χ0v) is 16.0. The first-order valence-electron chi connectivity index (χ1n) is 9.80. The second-order valence-corrected chi connectivity index (χ2v) is 7.13. The van der Waals surface area contributed by atoms with E-state index in [2.05, 4.69) is 14.8 Å². The Kier molecular flexibility index (Phi) is 4.65. The van der Waals surface area contributed by atoms with Crippen LogP contribution >= 0.6 is 0 Å². The number of rotatable bonds is 4. The predicted molar refractivity (Wildman–Crippen MR) is 111 cm³/mol. The molecule has 0 saturated carbocycles. The standard InChI is InChI=1S/C22H21N5O2/c28-15-16-3-1-4-17(13-16)20-19-6-8-27(18-5-2-7-23-14-18)21(19)25-22(24-20)26-9-11-29-12-10-26/h1-5,7,13-15H,6,8-12H2. The van der Waals surface area contributed by atoms with E-state index in [1.54, 1.807) is 6.20 Å². The number of aromatic nitrogens is 3. The van der Waals surface area contributed by atoms with Gasteiger partial charge >= 0.3 is 0 Å². The van der Waals surface area contributed by atoms with Crippen LogP contribution in [0.2, 0.25) is 0 Å². The number of morpholine rings is 1. The lowest BCUT2D eigenvalue weighted by molar-refractivity contribution is 0.112. The van der Waals surface area contributed by atoms with E-state index in [1.165, 1.54) is 0 Å². The van der Waals surface area contributed by atoms with E-state index in [1.807, 2.05) is 42.6 Å². The average Bonchev–Trinajstić information content (AvgIpc) is 3.24. The maximum absolute atomic E-state index is 11.3. The van der Waals surface area contributed by atoms with E-state index in [9.17, 15) is 4.79 Å². The van der Waals surface area contributed by atoms with Crippen molar-refractivity contribution < 1.29 is 9.53 Å². The van der Waals surface area contributed by atoms with Gasteiger partial charge in [-0.1, -0.05) is 18.2 Å². The molecule has 2 aliphatic heterocycles. The molecule has 0 N–H and O–H groups in total. The molecule has 1 fully saturated rings. The van der Waals surface area contributed by atoms with Gasteiger partial charge in [-0.05, 0) is 24.6 Å². The molecule has 3 aromatic rings. The quantitative estimate of drug-likeness (QED) is 0.638. The lowest BCUT2D eigenvalue weighted by atomic mass is 10.0. The van der Waals surface area contributed by atoms with Gasteiger partial charge in [0.15, 0.2) is 0 Å². The summed E-state index contributed by atoms with van der Waals surface area (Å²) in [6, 6.07) is 11.6. The summed E-state index contributed by atoms with van der Waals surface area (Å²) in [5.41, 5.74) is 4.60. The fourth-order valence-electron chi connectivity index (χ4n) is 3.91. The van der Waals surface area contributed by atoms with Crippen LogP contribution in [-0.2, 0) is 11.2 Å². The largest absolute Gasteiger partial charge is 0.378 e. The van der Waals surface area contributed by atoms with Crippen LogP contribution in [0, 0.1) is 0 Å².